The van der Waals surface area contributed by atoms with Gasteiger partial charge in [-0.15, -0.1) is 0 Å². The van der Waals surface area contributed by atoms with Crippen LogP contribution in [0.5, 0.6) is 0 Å². The second-order valence-electron chi connectivity index (χ2n) is 9.97. The first-order valence-corrected chi connectivity index (χ1v) is 12.4. The normalized spacial score (nSPS) is 47.4. The first-order valence-electron chi connectivity index (χ1n) is 12.4. The molecular formula is C21H39N7O12. The van der Waals surface area contributed by atoms with Gasteiger partial charge in [-0.1, -0.05) is 0 Å². The van der Waals surface area contributed by atoms with Crippen molar-refractivity contribution in [3.8, 4) is 0 Å². The van der Waals surface area contributed by atoms with Crippen molar-refractivity contribution in [3.63, 3.8) is 0 Å². The molecule has 0 unspecified atom stereocenters. The number of guanidine groups is 2. The highest BCUT2D eigenvalue weighted by molar-refractivity contribution is 5.76. The number of hydrogen-bond acceptors (Lipinski definition) is 15. The van der Waals surface area contributed by atoms with Crippen LogP contribution in [0.3, 0.4) is 0 Å². The molecule has 3 fully saturated rings. The van der Waals surface area contributed by atoms with Gasteiger partial charge in [-0.05, 0) is 14.0 Å². The van der Waals surface area contributed by atoms with Gasteiger partial charge in [0.05, 0.1) is 36.9 Å². The number of ether oxygens (including phenoxy) is 4. The van der Waals surface area contributed by atoms with E-state index in [-0.39, 0.29) is 6.29 Å². The maximum atomic E-state index is 12.1. The summed E-state index contributed by atoms with van der Waals surface area (Å²) in [6.45, 7) is 0.613. The van der Waals surface area contributed by atoms with Crippen LogP contribution >= 0.6 is 0 Å². The van der Waals surface area contributed by atoms with Crippen molar-refractivity contribution in [1.29, 1.82) is 10.8 Å². The van der Waals surface area contributed by atoms with E-state index in [0.29, 0.717) is 0 Å². The third-order valence-electron chi connectivity index (χ3n) is 7.46. The fourth-order valence-corrected chi connectivity index (χ4v) is 5.18. The quantitative estimate of drug-likeness (QED) is 0.0682. The van der Waals surface area contributed by atoms with Gasteiger partial charge in [0.15, 0.2) is 36.4 Å². The van der Waals surface area contributed by atoms with Crippen molar-refractivity contribution >= 4 is 18.2 Å². The number of likely N-dealkylation sites (N-methyl/N-ethyl adjacent to an activating group) is 1. The highest BCUT2D eigenvalue weighted by Crippen LogP contribution is 2.37. The van der Waals surface area contributed by atoms with Gasteiger partial charge in [0.1, 0.15) is 42.7 Å². The Morgan fingerprint density at radius 2 is 1.48 bits per heavy atom. The van der Waals surface area contributed by atoms with E-state index < -0.39 is 110 Å². The van der Waals surface area contributed by atoms with Gasteiger partial charge in [0.25, 0.3) is 0 Å². The van der Waals surface area contributed by atoms with Gasteiger partial charge in [-0.3, -0.25) is 15.6 Å². The van der Waals surface area contributed by atoms with Crippen LogP contribution in [0, 0.1) is 10.8 Å². The molecule has 40 heavy (non-hydrogen) atoms. The molecule has 2 saturated heterocycles. The molecule has 0 amide bonds. The summed E-state index contributed by atoms with van der Waals surface area (Å²) < 4.78 is 22.9. The molecular weight excluding hydrogens is 542 g/mol. The minimum Gasteiger partial charge on any atom is -0.394 e. The summed E-state index contributed by atoms with van der Waals surface area (Å²) in [4.78, 5) is 12.1. The molecule has 3 rings (SSSR count). The minimum absolute atomic E-state index is 0.136. The summed E-state index contributed by atoms with van der Waals surface area (Å²) in [5, 5.41) is 96.4. The summed E-state index contributed by atoms with van der Waals surface area (Å²) in [5.41, 5.74) is 8.38. The molecule has 0 aromatic heterocycles. The van der Waals surface area contributed by atoms with E-state index in [0.717, 1.165) is 0 Å². The molecule has 15 atom stereocenters. The first kappa shape index (κ1) is 32.2. The average Bonchev–Trinajstić information content (AvgIpc) is 3.13. The Hall–Kier alpha value is -2.27. The topological polar surface area (TPSA) is 331 Å². The van der Waals surface area contributed by atoms with Gasteiger partial charge in [-0.2, -0.15) is 0 Å². The van der Waals surface area contributed by atoms with Crippen molar-refractivity contribution in [2.24, 2.45) is 11.5 Å². The molecule has 2 heterocycles. The zero-order chi connectivity index (χ0) is 30.1. The van der Waals surface area contributed by atoms with Crippen LogP contribution in [0.15, 0.2) is 0 Å². The number of nitrogens with two attached hydrogens (primary N) is 2. The number of hydrogen-bond donors (Lipinski definition) is 14. The molecule has 0 aromatic carbocycles. The van der Waals surface area contributed by atoms with Crippen LogP contribution in [0.2, 0.25) is 0 Å². The van der Waals surface area contributed by atoms with E-state index in [1.807, 2.05) is 0 Å². The largest absolute Gasteiger partial charge is 0.394 e. The van der Waals surface area contributed by atoms with Crippen LogP contribution < -0.4 is 27.4 Å². The molecule has 16 N–H and O–H groups in total. The van der Waals surface area contributed by atoms with E-state index in [4.69, 9.17) is 41.2 Å². The zero-order valence-corrected chi connectivity index (χ0v) is 21.7. The van der Waals surface area contributed by atoms with Crippen molar-refractivity contribution in [1.82, 2.24) is 16.0 Å². The monoisotopic (exact) mass is 581 g/mol. The lowest BCUT2D eigenvalue weighted by molar-refractivity contribution is -0.314. The number of nitrogens with one attached hydrogen (secondary N) is 5. The van der Waals surface area contributed by atoms with Crippen LogP contribution in [0.25, 0.3) is 0 Å². The number of aldehydes is 1. The summed E-state index contributed by atoms with van der Waals surface area (Å²) in [6, 6.07) is -3.95. The van der Waals surface area contributed by atoms with Crippen LogP contribution in [-0.2, 0) is 23.7 Å². The Kier molecular flexibility index (Phi) is 10.2. The smallest absolute Gasteiger partial charge is 0.188 e. The molecule has 19 heteroatoms. The van der Waals surface area contributed by atoms with Crippen molar-refractivity contribution < 1.29 is 59.5 Å². The summed E-state index contributed by atoms with van der Waals surface area (Å²) in [5.74, 6) is -1.29. The molecule has 230 valence electrons. The molecule has 0 radical (unpaired) electrons. The van der Waals surface area contributed by atoms with E-state index >= 15 is 0 Å². The number of carbonyl (C=O) groups is 1. The Bertz CT molecular complexity index is 921. The van der Waals surface area contributed by atoms with Gasteiger partial charge < -0.3 is 82.1 Å². The number of carbonyl (C=O) groups excluding carboxylic acids is 1. The Labute approximate surface area is 228 Å². The Balaban J connectivity index is 1.94. The summed E-state index contributed by atoms with van der Waals surface area (Å²) in [7, 11) is 1.41. The maximum Gasteiger partial charge on any atom is 0.188 e. The SMILES string of the molecule is CN[C@H]1[C@@H](O[C@@H]2[C@@H](O[C@H]3[C@H](O)[C@@H](O)[C@H](NC(=N)N)[C@@H](O)[C@@H]3NC(=N)N)O[C@H](C)[C@@]2(O)C=O)O[C@@H](CO)[C@H](O)[C@@H]1O. The van der Waals surface area contributed by atoms with E-state index in [9.17, 15) is 40.5 Å². The Morgan fingerprint density at radius 1 is 0.900 bits per heavy atom. The molecule has 19 nitrogen and oxygen atoms in total. The van der Waals surface area contributed by atoms with Gasteiger partial charge in [0.2, 0.25) is 0 Å². The van der Waals surface area contributed by atoms with Gasteiger partial charge in [-0.25, -0.2) is 0 Å². The highest BCUT2D eigenvalue weighted by atomic mass is 16.8. The lowest BCUT2D eigenvalue weighted by atomic mass is 9.81. The van der Waals surface area contributed by atoms with Crippen LogP contribution in [0.1, 0.15) is 6.92 Å². The first-order chi connectivity index (χ1) is 18.7. The second kappa shape index (κ2) is 12.7. The predicted molar refractivity (Wildman–Crippen MR) is 131 cm³/mol. The second-order valence-corrected chi connectivity index (χ2v) is 9.97. The van der Waals surface area contributed by atoms with Crippen molar-refractivity contribution in [2.75, 3.05) is 13.7 Å². The number of aliphatic hydroxyl groups excluding tert-OH is 6. The van der Waals surface area contributed by atoms with E-state index in [2.05, 4.69) is 16.0 Å². The molecule has 1 saturated carbocycles. The lowest BCUT2D eigenvalue weighted by Gasteiger charge is -2.47. The fourth-order valence-electron chi connectivity index (χ4n) is 5.18. The van der Waals surface area contributed by atoms with Crippen molar-refractivity contribution in [3.05, 3.63) is 0 Å². The third kappa shape index (κ3) is 6.00. The molecule has 2 aliphatic heterocycles. The standard InChI is InChI=1S/C21H39N7O12/c1-5-21(36,4-30)16(40-17-9(26-2)13(34)10(31)6(3-29)38-17)18(37-5)39-15-8(28-20(24)25)11(32)7(27-19(22)23)12(33)14(15)35/h4-18,26,29,31-36H,3H2,1-2H3,(H4,22,23,27)(H4,24,25,28)/t5-,6+,7-,8+,9-,10+,11-,12+,13-,14-,15-,16-,17-,18-,21+/m1/s1. The zero-order valence-electron chi connectivity index (χ0n) is 21.7. The number of rotatable bonds is 9. The van der Waals surface area contributed by atoms with E-state index in [1.165, 1.54) is 14.0 Å². The summed E-state index contributed by atoms with van der Waals surface area (Å²) >= 11 is 0. The van der Waals surface area contributed by atoms with Gasteiger partial charge in [0, 0.05) is 0 Å². The lowest BCUT2D eigenvalue weighted by Crippen LogP contribution is -2.73. The molecule has 1 aliphatic carbocycles. The average molecular weight is 582 g/mol. The third-order valence-corrected chi connectivity index (χ3v) is 7.46. The minimum atomic E-state index is -2.39. The fraction of sp³-hybridized carbons (Fsp3) is 0.857. The van der Waals surface area contributed by atoms with Crippen LogP contribution in [-0.4, -0.2) is 159 Å². The van der Waals surface area contributed by atoms with Gasteiger partial charge >= 0.3 is 0 Å². The predicted octanol–water partition coefficient (Wildman–Crippen LogP) is -7.74. The maximum absolute atomic E-state index is 12.1. The molecule has 0 aromatic rings. The molecule has 0 spiro atoms. The number of aliphatic hydroxyl groups is 7. The molecule has 3 aliphatic rings. The highest BCUT2D eigenvalue weighted by Gasteiger charge is 2.60. The van der Waals surface area contributed by atoms with E-state index in [1.54, 1.807) is 0 Å². The van der Waals surface area contributed by atoms with Crippen molar-refractivity contribution in [2.45, 2.75) is 98.2 Å². The Morgan fingerprint density at radius 3 is 2.00 bits per heavy atom. The summed E-state index contributed by atoms with van der Waals surface area (Å²) in [6.07, 6.45) is -17.3. The van der Waals surface area contributed by atoms with Crippen LogP contribution in [0.4, 0.5) is 0 Å². The molecule has 0 bridgehead atoms.